The minimum atomic E-state index is -0.682. The fourth-order valence-electron chi connectivity index (χ4n) is 1.13. The van der Waals surface area contributed by atoms with E-state index in [1.165, 1.54) is 13.4 Å². The number of nitrogens with zero attached hydrogens (tertiary/aromatic N) is 1. The Bertz CT molecular complexity index is 454. The quantitative estimate of drug-likeness (QED) is 0.685. The van der Waals surface area contributed by atoms with Crippen LogP contribution in [0.2, 0.25) is 0 Å². The molecule has 8 heteroatoms. The van der Waals surface area contributed by atoms with Crippen LogP contribution in [0.4, 0.5) is 0 Å². The van der Waals surface area contributed by atoms with E-state index in [-0.39, 0.29) is 24.5 Å². The van der Waals surface area contributed by atoms with Gasteiger partial charge in [0.2, 0.25) is 0 Å². The van der Waals surface area contributed by atoms with Crippen LogP contribution in [0.1, 0.15) is 27.9 Å². The predicted molar refractivity (Wildman–Crippen MR) is 58.9 cm³/mol. The number of hydrogen-bond acceptors (Lipinski definition) is 6. The number of amides is 1. The molecule has 0 saturated carbocycles. The molecule has 18 heavy (non-hydrogen) atoms. The number of esters is 2. The van der Waals surface area contributed by atoms with Crippen molar-refractivity contribution in [3.63, 3.8) is 0 Å². The molecule has 98 valence electrons. The van der Waals surface area contributed by atoms with Gasteiger partial charge in [-0.15, -0.1) is 0 Å². The number of ether oxygens (including phenoxy) is 2. The van der Waals surface area contributed by atoms with Crippen LogP contribution in [0.25, 0.3) is 0 Å². The molecule has 0 fully saturated rings. The lowest BCUT2D eigenvalue weighted by Gasteiger charge is -2.03. The highest BCUT2D eigenvalue weighted by atomic mass is 16.5. The van der Waals surface area contributed by atoms with Crippen molar-refractivity contribution in [3.05, 3.63) is 17.7 Å². The van der Waals surface area contributed by atoms with Crippen LogP contribution < -0.4 is 5.32 Å². The number of carbonyl (C=O) groups excluding carboxylic acids is 3. The summed E-state index contributed by atoms with van der Waals surface area (Å²) in [5, 5.41) is 2.27. The zero-order valence-electron chi connectivity index (χ0n) is 9.98. The molecule has 0 radical (unpaired) electrons. The maximum atomic E-state index is 11.6. The van der Waals surface area contributed by atoms with Gasteiger partial charge < -0.3 is 19.8 Å². The Balaban J connectivity index is 2.71. The molecule has 0 spiro atoms. The number of H-pyrrole nitrogens is 1. The molecule has 0 aromatic carbocycles. The Morgan fingerprint density at radius 1 is 1.44 bits per heavy atom. The molecule has 0 aliphatic heterocycles. The Morgan fingerprint density at radius 3 is 2.78 bits per heavy atom. The van der Waals surface area contributed by atoms with Crippen molar-refractivity contribution in [2.75, 3.05) is 20.3 Å². The van der Waals surface area contributed by atoms with Gasteiger partial charge in [0.05, 0.1) is 20.0 Å². The monoisotopic (exact) mass is 255 g/mol. The van der Waals surface area contributed by atoms with Gasteiger partial charge in [-0.3, -0.25) is 9.59 Å². The van der Waals surface area contributed by atoms with Crippen LogP contribution in [0, 0.1) is 0 Å². The minimum Gasteiger partial charge on any atom is -0.468 e. The Labute approximate surface area is 103 Å². The van der Waals surface area contributed by atoms with E-state index in [2.05, 4.69) is 20.0 Å². The number of hydrogen-bond donors (Lipinski definition) is 2. The fourth-order valence-corrected chi connectivity index (χ4v) is 1.13. The van der Waals surface area contributed by atoms with E-state index in [4.69, 9.17) is 4.74 Å². The van der Waals surface area contributed by atoms with Gasteiger partial charge in [-0.05, 0) is 6.92 Å². The second-order valence-corrected chi connectivity index (χ2v) is 3.11. The van der Waals surface area contributed by atoms with Gasteiger partial charge in [0.25, 0.3) is 5.91 Å². The third-order valence-corrected chi connectivity index (χ3v) is 1.95. The molecule has 1 heterocycles. The summed E-state index contributed by atoms with van der Waals surface area (Å²) in [5.74, 6) is -1.94. The van der Waals surface area contributed by atoms with E-state index in [9.17, 15) is 14.4 Å². The summed E-state index contributed by atoms with van der Waals surface area (Å²) in [6, 6.07) is 0. The van der Waals surface area contributed by atoms with Crippen molar-refractivity contribution in [2.24, 2.45) is 0 Å². The van der Waals surface area contributed by atoms with Crippen molar-refractivity contribution in [1.29, 1.82) is 0 Å². The van der Waals surface area contributed by atoms with Gasteiger partial charge in [-0.1, -0.05) is 0 Å². The van der Waals surface area contributed by atoms with E-state index < -0.39 is 17.8 Å². The molecule has 1 amide bonds. The molecule has 0 atom stereocenters. The lowest BCUT2D eigenvalue weighted by Crippen LogP contribution is -2.31. The molecule has 2 N–H and O–H groups in total. The number of imidazole rings is 1. The molecular formula is C10H13N3O5. The number of aromatic nitrogens is 2. The van der Waals surface area contributed by atoms with Gasteiger partial charge in [-0.2, -0.15) is 0 Å². The third kappa shape index (κ3) is 3.30. The highest BCUT2D eigenvalue weighted by Crippen LogP contribution is 2.04. The SMILES string of the molecule is CCOC(=O)c1[nH]cnc1C(=O)NCC(=O)OC. The number of carbonyl (C=O) groups is 3. The van der Waals surface area contributed by atoms with Gasteiger partial charge in [0.15, 0.2) is 11.4 Å². The molecule has 0 bridgehead atoms. The number of nitrogens with one attached hydrogen (secondary N) is 2. The first-order valence-electron chi connectivity index (χ1n) is 5.15. The van der Waals surface area contributed by atoms with Crippen LogP contribution in [-0.2, 0) is 14.3 Å². The molecule has 1 aromatic heterocycles. The van der Waals surface area contributed by atoms with Crippen LogP contribution in [-0.4, -0.2) is 48.1 Å². The van der Waals surface area contributed by atoms with Crippen LogP contribution >= 0.6 is 0 Å². The number of aromatic amines is 1. The fraction of sp³-hybridized carbons (Fsp3) is 0.400. The van der Waals surface area contributed by atoms with Crippen molar-refractivity contribution >= 4 is 17.8 Å². The first-order valence-corrected chi connectivity index (χ1v) is 5.15. The minimum absolute atomic E-state index is 0.0563. The third-order valence-electron chi connectivity index (χ3n) is 1.95. The van der Waals surface area contributed by atoms with Crippen molar-refractivity contribution in [2.45, 2.75) is 6.92 Å². The zero-order valence-corrected chi connectivity index (χ0v) is 9.98. The molecule has 0 saturated heterocycles. The van der Waals surface area contributed by atoms with Gasteiger partial charge in [0, 0.05) is 0 Å². The van der Waals surface area contributed by atoms with E-state index in [0.29, 0.717) is 0 Å². The van der Waals surface area contributed by atoms with E-state index in [1.807, 2.05) is 0 Å². The summed E-state index contributed by atoms with van der Waals surface area (Å²) in [6.45, 7) is 1.52. The Kier molecular flexibility index (Phi) is 4.85. The Morgan fingerprint density at radius 2 is 2.17 bits per heavy atom. The lowest BCUT2D eigenvalue weighted by molar-refractivity contribution is -0.139. The largest absolute Gasteiger partial charge is 0.468 e. The zero-order chi connectivity index (χ0) is 13.5. The van der Waals surface area contributed by atoms with Crippen LogP contribution in [0.3, 0.4) is 0 Å². The van der Waals surface area contributed by atoms with Gasteiger partial charge in [0.1, 0.15) is 6.54 Å². The molecule has 0 aliphatic rings. The average Bonchev–Trinajstić information content (AvgIpc) is 2.85. The first kappa shape index (κ1) is 13.7. The van der Waals surface area contributed by atoms with Crippen molar-refractivity contribution in [1.82, 2.24) is 15.3 Å². The summed E-state index contributed by atoms with van der Waals surface area (Å²) in [5.41, 5.74) is -0.184. The summed E-state index contributed by atoms with van der Waals surface area (Å²) in [7, 11) is 1.20. The summed E-state index contributed by atoms with van der Waals surface area (Å²) in [4.78, 5) is 40.2. The smallest absolute Gasteiger partial charge is 0.357 e. The van der Waals surface area contributed by atoms with Crippen molar-refractivity contribution < 1.29 is 23.9 Å². The molecule has 0 unspecified atom stereocenters. The highest BCUT2D eigenvalue weighted by Gasteiger charge is 2.21. The maximum Gasteiger partial charge on any atom is 0.357 e. The predicted octanol–water partition coefficient (Wildman–Crippen LogP) is -0.511. The van der Waals surface area contributed by atoms with Gasteiger partial charge in [-0.25, -0.2) is 9.78 Å². The Hall–Kier alpha value is -2.38. The second kappa shape index (κ2) is 6.38. The van der Waals surface area contributed by atoms with Gasteiger partial charge >= 0.3 is 11.9 Å². The van der Waals surface area contributed by atoms with E-state index >= 15 is 0 Å². The average molecular weight is 255 g/mol. The number of methoxy groups -OCH3 is 1. The summed E-state index contributed by atoms with van der Waals surface area (Å²) in [6.07, 6.45) is 1.19. The topological polar surface area (TPSA) is 110 Å². The highest BCUT2D eigenvalue weighted by molar-refractivity contribution is 6.03. The first-order chi connectivity index (χ1) is 8.60. The molecule has 1 rings (SSSR count). The van der Waals surface area contributed by atoms with E-state index in [0.717, 1.165) is 0 Å². The lowest BCUT2D eigenvalue weighted by atomic mass is 10.3. The van der Waals surface area contributed by atoms with Crippen LogP contribution in [0.5, 0.6) is 0 Å². The number of rotatable bonds is 5. The van der Waals surface area contributed by atoms with E-state index in [1.54, 1.807) is 6.92 Å². The molecule has 8 nitrogen and oxygen atoms in total. The van der Waals surface area contributed by atoms with Crippen LogP contribution in [0.15, 0.2) is 6.33 Å². The standard InChI is InChI=1S/C10H13N3O5/c1-3-18-10(16)8-7(12-5-13-8)9(15)11-4-6(14)17-2/h5H,3-4H2,1-2H3,(H,11,15)(H,12,13). The summed E-state index contributed by atoms with van der Waals surface area (Å²) < 4.78 is 9.10. The normalized spacial score (nSPS) is 9.67. The molecular weight excluding hydrogens is 242 g/mol. The molecule has 1 aromatic rings. The maximum absolute atomic E-state index is 11.6. The van der Waals surface area contributed by atoms with Crippen molar-refractivity contribution in [3.8, 4) is 0 Å². The second-order valence-electron chi connectivity index (χ2n) is 3.11. The molecule has 0 aliphatic carbocycles. The summed E-state index contributed by atoms with van der Waals surface area (Å²) >= 11 is 0.